The van der Waals surface area contributed by atoms with Crippen molar-refractivity contribution in [2.24, 2.45) is 0 Å². The first-order valence-electron chi connectivity index (χ1n) is 14.1. The van der Waals surface area contributed by atoms with Crippen molar-refractivity contribution in [3.05, 3.63) is 29.3 Å². The molecule has 2 aliphatic heterocycles. The summed E-state index contributed by atoms with van der Waals surface area (Å²) >= 11 is 1.87. The van der Waals surface area contributed by atoms with Crippen molar-refractivity contribution in [3.63, 3.8) is 0 Å². The highest BCUT2D eigenvalue weighted by molar-refractivity contribution is 8.00. The van der Waals surface area contributed by atoms with Crippen molar-refractivity contribution in [1.82, 2.24) is 16.0 Å². The Morgan fingerprint density at radius 1 is 0.837 bits per heavy atom. The minimum atomic E-state index is -1.80. The maximum absolute atomic E-state index is 13.5. The number of carbonyl (C=O) groups is 3. The number of fused-ring (bicyclic) bond motifs is 1. The Hall–Kier alpha value is -2.66. The number of thioether (sulfide) groups is 1. The van der Waals surface area contributed by atoms with Crippen molar-refractivity contribution in [2.45, 2.75) is 49.4 Å². The number of urea groups is 1. The average Bonchev–Trinajstić information content (AvgIpc) is 3.53. The highest BCUT2D eigenvalue weighted by Crippen LogP contribution is 2.33. The minimum Gasteiger partial charge on any atom is -0.420 e. The number of amides is 3. The predicted octanol–water partition coefficient (Wildman–Crippen LogP) is 2.45. The normalized spacial score (nSPS) is 19.2. The van der Waals surface area contributed by atoms with Gasteiger partial charge in [-0.25, -0.2) is 13.6 Å². The number of benzene rings is 1. The molecule has 11 nitrogen and oxygen atoms in total. The van der Waals surface area contributed by atoms with Crippen LogP contribution >= 0.6 is 11.8 Å². The van der Waals surface area contributed by atoms with Crippen LogP contribution in [-0.2, 0) is 28.5 Å². The quantitative estimate of drug-likeness (QED) is 0.0463. The van der Waals surface area contributed by atoms with Crippen molar-refractivity contribution >= 4 is 29.7 Å². The maximum atomic E-state index is 13.5. The molecule has 3 rings (SSSR count). The fraction of sp³-hybridized carbons (Fsp3) is 0.667. The summed E-state index contributed by atoms with van der Waals surface area (Å²) < 4.78 is 78.9. The summed E-state index contributed by atoms with van der Waals surface area (Å²) in [6, 6.07) is 0.331. The molecule has 3 amide bonds. The number of hydrogen-bond donors (Lipinski definition) is 3. The van der Waals surface area contributed by atoms with Crippen LogP contribution in [0.4, 0.5) is 22.4 Å². The lowest BCUT2D eigenvalue weighted by atomic mass is 10.0. The Kier molecular flexibility index (Phi) is 15.3. The molecule has 1 aromatic rings. The molecule has 2 saturated heterocycles. The summed E-state index contributed by atoms with van der Waals surface area (Å²) in [6.45, 7) is 2.26. The first kappa shape index (κ1) is 34.8. The van der Waals surface area contributed by atoms with E-state index in [1.54, 1.807) is 0 Å². The molecule has 0 bridgehead atoms. The number of esters is 1. The summed E-state index contributed by atoms with van der Waals surface area (Å²) in [5.41, 5.74) is 0. The number of halogens is 4. The van der Waals surface area contributed by atoms with Gasteiger partial charge < -0.3 is 39.6 Å². The van der Waals surface area contributed by atoms with Gasteiger partial charge in [-0.2, -0.15) is 20.5 Å². The van der Waals surface area contributed by atoms with Crippen LogP contribution in [0.5, 0.6) is 5.75 Å². The molecule has 3 N–H and O–H groups in total. The Bertz CT molecular complexity index is 1050. The lowest BCUT2D eigenvalue weighted by Gasteiger charge is -2.16. The topological polar surface area (TPSA) is 133 Å². The largest absolute Gasteiger partial charge is 0.420 e. The van der Waals surface area contributed by atoms with Gasteiger partial charge in [-0.3, -0.25) is 9.59 Å². The van der Waals surface area contributed by atoms with Crippen LogP contribution in [0.2, 0.25) is 0 Å². The molecule has 2 heterocycles. The Labute approximate surface area is 251 Å². The SMILES string of the molecule is O=C(CCCC[C@@H]1SC[C@H]2NC(=O)N[C@H]12)NCCOCCOCCOCCOCCC(=O)Oc1c(F)c(F)cc(F)c1F. The number of ether oxygens (including phenoxy) is 5. The maximum Gasteiger partial charge on any atom is 0.315 e. The van der Waals surface area contributed by atoms with Gasteiger partial charge >= 0.3 is 12.0 Å². The number of hydrogen-bond acceptors (Lipinski definition) is 9. The van der Waals surface area contributed by atoms with Gasteiger partial charge in [0.05, 0.1) is 71.4 Å². The first-order chi connectivity index (χ1) is 20.8. The predicted molar refractivity (Wildman–Crippen MR) is 147 cm³/mol. The third-order valence-electron chi connectivity index (χ3n) is 6.50. The van der Waals surface area contributed by atoms with E-state index < -0.39 is 41.4 Å². The Morgan fingerprint density at radius 2 is 1.44 bits per heavy atom. The molecule has 3 atom stereocenters. The Balaban J connectivity index is 1.04. The van der Waals surface area contributed by atoms with Crippen LogP contribution in [0.1, 0.15) is 32.1 Å². The molecule has 1 aromatic carbocycles. The Morgan fingerprint density at radius 3 is 2.09 bits per heavy atom. The molecule has 2 fully saturated rings. The molecule has 0 aliphatic carbocycles. The zero-order chi connectivity index (χ0) is 31.0. The average molecular weight is 640 g/mol. The van der Waals surface area contributed by atoms with Gasteiger partial charge in [0.2, 0.25) is 23.3 Å². The van der Waals surface area contributed by atoms with Crippen molar-refractivity contribution in [2.75, 3.05) is 65.2 Å². The highest BCUT2D eigenvalue weighted by Gasteiger charge is 2.42. The van der Waals surface area contributed by atoms with E-state index in [0.29, 0.717) is 44.6 Å². The summed E-state index contributed by atoms with van der Waals surface area (Å²) in [5.74, 6) is -8.58. The van der Waals surface area contributed by atoms with E-state index in [4.69, 9.17) is 18.9 Å². The monoisotopic (exact) mass is 639 g/mol. The number of unbranched alkanes of at least 4 members (excludes halogenated alkanes) is 1. The zero-order valence-corrected chi connectivity index (χ0v) is 24.4. The van der Waals surface area contributed by atoms with E-state index in [-0.39, 0.29) is 56.5 Å². The summed E-state index contributed by atoms with van der Waals surface area (Å²) in [7, 11) is 0. The van der Waals surface area contributed by atoms with E-state index in [1.807, 2.05) is 11.8 Å². The van der Waals surface area contributed by atoms with Crippen LogP contribution < -0.4 is 20.7 Å². The standard InChI is InChI=1S/C27H37F4N3O8S/c28-17-15-18(29)24(31)26(23(17)30)42-22(36)5-7-38-9-11-40-13-14-41-12-10-39-8-6-32-21(35)4-2-1-3-20-25-19(16-43-20)33-27(37)34-25/h15,19-20,25H,1-14,16H2,(H,32,35)(H2,33,34,37)/t19-,20+,25+/m1/s1. The van der Waals surface area contributed by atoms with Gasteiger partial charge in [-0.15, -0.1) is 0 Å². The van der Waals surface area contributed by atoms with Crippen LogP contribution in [0.15, 0.2) is 6.07 Å². The van der Waals surface area contributed by atoms with Crippen molar-refractivity contribution in [1.29, 1.82) is 0 Å². The van der Waals surface area contributed by atoms with Crippen LogP contribution in [-0.4, -0.2) is 100 Å². The fourth-order valence-electron chi connectivity index (χ4n) is 4.35. The molecule has 0 aromatic heterocycles. The molecule has 43 heavy (non-hydrogen) atoms. The second-order valence-corrected chi connectivity index (χ2v) is 11.0. The van der Waals surface area contributed by atoms with E-state index in [1.165, 1.54) is 0 Å². The fourth-order valence-corrected chi connectivity index (χ4v) is 5.89. The van der Waals surface area contributed by atoms with Crippen molar-refractivity contribution in [3.8, 4) is 5.75 Å². The number of nitrogens with one attached hydrogen (secondary N) is 3. The molecule has 2 aliphatic rings. The van der Waals surface area contributed by atoms with E-state index in [9.17, 15) is 31.9 Å². The molecule has 16 heteroatoms. The van der Waals surface area contributed by atoms with Crippen LogP contribution in [0, 0.1) is 23.3 Å². The number of rotatable bonds is 21. The first-order valence-corrected chi connectivity index (χ1v) is 15.1. The van der Waals surface area contributed by atoms with Gasteiger partial charge in [0.1, 0.15) is 0 Å². The second kappa shape index (κ2) is 18.9. The third-order valence-corrected chi connectivity index (χ3v) is 8.01. The van der Waals surface area contributed by atoms with Crippen LogP contribution in [0.3, 0.4) is 0 Å². The van der Waals surface area contributed by atoms with Crippen LogP contribution in [0.25, 0.3) is 0 Å². The van der Waals surface area contributed by atoms with Gasteiger partial charge in [0.15, 0.2) is 11.6 Å². The second-order valence-electron chi connectivity index (χ2n) is 9.69. The molecule has 0 unspecified atom stereocenters. The molecular formula is C27H37F4N3O8S. The molecule has 0 spiro atoms. The molecule has 0 radical (unpaired) electrons. The lowest BCUT2D eigenvalue weighted by molar-refractivity contribution is -0.136. The molecular weight excluding hydrogens is 602 g/mol. The summed E-state index contributed by atoms with van der Waals surface area (Å²) in [4.78, 5) is 35.0. The van der Waals surface area contributed by atoms with Gasteiger partial charge in [-0.05, 0) is 12.8 Å². The third kappa shape index (κ3) is 12.1. The van der Waals surface area contributed by atoms with Gasteiger partial charge in [-0.1, -0.05) is 6.42 Å². The zero-order valence-electron chi connectivity index (χ0n) is 23.6. The highest BCUT2D eigenvalue weighted by atomic mass is 32.2. The van der Waals surface area contributed by atoms with Gasteiger partial charge in [0, 0.05) is 30.0 Å². The molecule has 242 valence electrons. The van der Waals surface area contributed by atoms with E-state index >= 15 is 0 Å². The smallest absolute Gasteiger partial charge is 0.315 e. The van der Waals surface area contributed by atoms with E-state index in [2.05, 4.69) is 20.7 Å². The summed E-state index contributed by atoms with van der Waals surface area (Å²) in [6.07, 6.45) is 2.76. The summed E-state index contributed by atoms with van der Waals surface area (Å²) in [5, 5.41) is 9.12. The van der Waals surface area contributed by atoms with E-state index in [0.717, 1.165) is 25.0 Å². The number of carbonyl (C=O) groups excluding carboxylic acids is 3. The lowest BCUT2D eigenvalue weighted by Crippen LogP contribution is -2.36. The minimum absolute atomic E-state index is 0.0139. The molecule has 0 saturated carbocycles. The van der Waals surface area contributed by atoms with Gasteiger partial charge in [0.25, 0.3) is 0 Å². The van der Waals surface area contributed by atoms with Crippen molar-refractivity contribution < 1.29 is 55.6 Å².